The first-order valence-corrected chi connectivity index (χ1v) is 6.52. The third-order valence-electron chi connectivity index (χ3n) is 1.73. The Morgan fingerprint density at radius 2 is 1.12 bits per heavy atom. The molecule has 0 rings (SSSR count). The van der Waals surface area contributed by atoms with Crippen molar-refractivity contribution in [3.05, 3.63) is 0 Å². The zero-order chi connectivity index (χ0) is 6.08. The molecule has 0 saturated carbocycles. The molecule has 0 bridgehead atoms. The molecule has 0 aliphatic heterocycles. The van der Waals surface area contributed by atoms with Gasteiger partial charge in [0, 0.05) is 14.2 Å². The molecule has 0 N–H and O–H groups in total. The first-order valence-electron chi connectivity index (χ1n) is 2.94. The molecule has 0 nitrogen and oxygen atoms in total. The van der Waals surface area contributed by atoms with Gasteiger partial charge in [-0.25, -0.2) is 0 Å². The zero-order valence-electron chi connectivity index (χ0n) is 6.43. The van der Waals surface area contributed by atoms with Gasteiger partial charge in [-0.1, -0.05) is 39.0 Å². The quantitative estimate of drug-likeness (QED) is 0.486. The predicted octanol–water partition coefficient (Wildman–Crippen LogP) is 2.73. The molecule has 0 amide bonds. The zero-order valence-corrected chi connectivity index (χ0v) is 7.43. The maximum atomic E-state index is 2.40. The second-order valence-corrected chi connectivity index (χ2v) is 9.41. The normalized spacial score (nSPS) is 11.2. The fourth-order valence-electron chi connectivity index (χ4n) is 0. The maximum absolute atomic E-state index is 2.40. The van der Waals surface area contributed by atoms with Crippen molar-refractivity contribution < 1.29 is 6.15 Å². The van der Waals surface area contributed by atoms with Gasteiger partial charge in [-0.05, 0) is 0 Å². The fourth-order valence-corrected chi connectivity index (χ4v) is 0. The second kappa shape index (κ2) is 3.21. The van der Waals surface area contributed by atoms with Gasteiger partial charge in [-0.2, -0.15) is 0 Å². The summed E-state index contributed by atoms with van der Waals surface area (Å²) < 4.78 is 0. The number of hydrogen-bond donors (Lipinski definition) is 0. The van der Waals surface area contributed by atoms with Crippen LogP contribution in [0.5, 0.6) is 0 Å². The van der Waals surface area contributed by atoms with Gasteiger partial charge in [0.15, 0.2) is 0 Å². The molecule has 0 aliphatic carbocycles. The van der Waals surface area contributed by atoms with Crippen LogP contribution in [-0.2, 0) is 0 Å². The van der Waals surface area contributed by atoms with Crippen LogP contribution in [0, 0.1) is 6.15 Å². The van der Waals surface area contributed by atoms with Crippen LogP contribution in [0.1, 0.15) is 13.8 Å². The topological polar surface area (TPSA) is 0 Å². The van der Waals surface area contributed by atoms with Crippen molar-refractivity contribution >= 4 is 8.07 Å². The average Bonchev–Trinajstić information content (AvgIpc) is 1.31. The van der Waals surface area contributed by atoms with Crippen molar-refractivity contribution in [2.24, 2.45) is 0 Å². The van der Waals surface area contributed by atoms with Gasteiger partial charge in [-0.15, -0.1) is 0 Å². The summed E-state index contributed by atoms with van der Waals surface area (Å²) in [7, 11) is -0.735. The molecule has 0 saturated heterocycles. The summed E-state index contributed by atoms with van der Waals surface area (Å²) in [5, 5.41) is 0. The van der Waals surface area contributed by atoms with Gasteiger partial charge >= 0.3 is 0 Å². The Kier molecular flexibility index (Phi) is 4.41. The minimum Gasteiger partial charge on any atom is -0.0694 e. The van der Waals surface area contributed by atoms with Crippen molar-refractivity contribution in [2.45, 2.75) is 39.0 Å². The summed E-state index contributed by atoms with van der Waals surface area (Å²) >= 11 is 0. The molecular weight excluding hydrogens is 120 g/mol. The molecule has 0 aromatic heterocycles. The molecule has 0 aliphatic rings. The van der Waals surface area contributed by atoms with E-state index in [2.05, 4.69) is 33.5 Å². The smallest absolute Gasteiger partial charge is 0.0468 e. The van der Waals surface area contributed by atoms with E-state index in [-0.39, 0.29) is 6.15 Å². The molecule has 52 valence electrons. The molecule has 0 unspecified atom stereocenters. The minimum atomic E-state index is -0.735. The van der Waals surface area contributed by atoms with Crippen LogP contribution in [0.25, 0.3) is 0 Å². The fraction of sp³-hybridized carbons (Fsp3) is 1.00. The molecule has 0 spiro atoms. The molecular formula is C6H16NeSi. The molecule has 0 atom stereocenters. The first-order chi connectivity index (χ1) is 2.94. The molecule has 0 heterocycles. The van der Waals surface area contributed by atoms with Crippen molar-refractivity contribution in [3.63, 3.8) is 0 Å². The summed E-state index contributed by atoms with van der Waals surface area (Å²) in [6, 6.07) is 0. The Labute approximate surface area is 54.1 Å². The second-order valence-electron chi connectivity index (χ2n) is 3.52. The van der Waals surface area contributed by atoms with Crippen LogP contribution in [-0.4, -0.2) is 8.07 Å². The maximum Gasteiger partial charge on any atom is 0.0468 e. The summed E-state index contributed by atoms with van der Waals surface area (Å²) in [5.41, 5.74) is 0.937. The van der Waals surface area contributed by atoms with Gasteiger partial charge < -0.3 is 0 Å². The summed E-state index contributed by atoms with van der Waals surface area (Å²) in [6.45, 7) is 11.8. The molecule has 0 aromatic carbocycles. The summed E-state index contributed by atoms with van der Waals surface area (Å²) in [5.74, 6) is 0. The van der Waals surface area contributed by atoms with Gasteiger partial charge in [-0.3, -0.25) is 0 Å². The molecule has 0 radical (unpaired) electrons. The van der Waals surface area contributed by atoms with Gasteiger partial charge in [0.05, 0.1) is 0 Å². The van der Waals surface area contributed by atoms with Crippen LogP contribution in [0.3, 0.4) is 0 Å². The van der Waals surface area contributed by atoms with Crippen molar-refractivity contribution in [3.8, 4) is 0 Å². The van der Waals surface area contributed by atoms with Crippen LogP contribution in [0.2, 0.25) is 25.2 Å². The van der Waals surface area contributed by atoms with Gasteiger partial charge in [0.1, 0.15) is 0 Å². The molecule has 0 aromatic rings. The minimum absolute atomic E-state index is 0. The molecule has 8 heavy (non-hydrogen) atoms. The Morgan fingerprint density at radius 1 is 1.00 bits per heavy atom. The standard InChI is InChI=1S/C6H16Si.Ne/c1-6(2)7(3,4)5;/h6H,1-5H3;. The summed E-state index contributed by atoms with van der Waals surface area (Å²) in [4.78, 5) is 0. The van der Waals surface area contributed by atoms with Crippen molar-refractivity contribution in [1.29, 1.82) is 0 Å². The third kappa shape index (κ3) is 4.29. The van der Waals surface area contributed by atoms with E-state index in [1.807, 2.05) is 0 Å². The average molecular weight is 136 g/mol. The van der Waals surface area contributed by atoms with Gasteiger partial charge in [0.2, 0.25) is 0 Å². The molecule has 0 fully saturated rings. The van der Waals surface area contributed by atoms with E-state index >= 15 is 0 Å². The van der Waals surface area contributed by atoms with Crippen molar-refractivity contribution in [2.75, 3.05) is 0 Å². The SMILES string of the molecule is CC(C)[Si](C)(C)C.[Ne]. The van der Waals surface area contributed by atoms with E-state index in [1.54, 1.807) is 0 Å². The summed E-state index contributed by atoms with van der Waals surface area (Å²) in [6.07, 6.45) is 0. The Bertz CT molecular complexity index is 54.0. The van der Waals surface area contributed by atoms with E-state index in [9.17, 15) is 0 Å². The van der Waals surface area contributed by atoms with E-state index in [0.717, 1.165) is 5.54 Å². The van der Waals surface area contributed by atoms with E-state index in [1.165, 1.54) is 0 Å². The molecule has 2 heteroatoms. The van der Waals surface area contributed by atoms with Crippen LogP contribution in [0.4, 0.5) is 0 Å². The van der Waals surface area contributed by atoms with E-state index < -0.39 is 8.07 Å². The predicted molar refractivity (Wildman–Crippen MR) is 38.4 cm³/mol. The van der Waals surface area contributed by atoms with E-state index in [0.29, 0.717) is 0 Å². The Balaban J connectivity index is 0. The largest absolute Gasteiger partial charge is 0.0694 e. The van der Waals surface area contributed by atoms with Gasteiger partial charge in [0.25, 0.3) is 0 Å². The van der Waals surface area contributed by atoms with Crippen LogP contribution in [0.15, 0.2) is 0 Å². The monoisotopic (exact) mass is 136 g/mol. The first kappa shape index (κ1) is 11.0. The van der Waals surface area contributed by atoms with E-state index in [4.69, 9.17) is 0 Å². The number of rotatable bonds is 1. The third-order valence-corrected chi connectivity index (χ3v) is 5.20. The Hall–Kier alpha value is 0.126. The number of hydrogen-bond acceptors (Lipinski definition) is 0. The van der Waals surface area contributed by atoms with Crippen LogP contribution < -0.4 is 0 Å². The van der Waals surface area contributed by atoms with Crippen molar-refractivity contribution in [1.82, 2.24) is 0 Å². The Morgan fingerprint density at radius 3 is 1.12 bits per heavy atom. The van der Waals surface area contributed by atoms with Crippen LogP contribution >= 0.6 is 0 Å².